The third-order valence-electron chi connectivity index (χ3n) is 0.876. The molecule has 50 valence electrons. The van der Waals surface area contributed by atoms with Crippen LogP contribution in [0.5, 0.6) is 0 Å². The van der Waals surface area contributed by atoms with Crippen LogP contribution in [0.3, 0.4) is 0 Å². The van der Waals surface area contributed by atoms with E-state index >= 15 is 0 Å². The van der Waals surface area contributed by atoms with Crippen molar-refractivity contribution in [1.82, 2.24) is 9.97 Å². The summed E-state index contributed by atoms with van der Waals surface area (Å²) in [5.41, 5.74) is 5.51. The van der Waals surface area contributed by atoms with Gasteiger partial charge in [0.05, 0.1) is 6.20 Å². The van der Waals surface area contributed by atoms with Gasteiger partial charge in [0, 0.05) is 0 Å². The first-order valence-corrected chi connectivity index (χ1v) is 3.50. The maximum atomic E-state index is 8.37. The van der Waals surface area contributed by atoms with Gasteiger partial charge in [0.2, 0.25) is 0 Å². The van der Waals surface area contributed by atoms with E-state index in [9.17, 15) is 0 Å². The number of hydrogen-bond donors (Lipinski definition) is 1. The maximum Gasteiger partial charge on any atom is 0.182 e. The Kier molecular flexibility index (Phi) is 2.01. The van der Waals surface area contributed by atoms with Crippen LogP contribution < -0.4 is 5.73 Å². The lowest BCUT2D eigenvalue weighted by molar-refractivity contribution is 1.14. The molecule has 1 aromatic rings. The summed E-state index contributed by atoms with van der Waals surface area (Å²) in [6.07, 6.45) is 1.50. The second-order valence-electron chi connectivity index (χ2n) is 1.54. The number of nitrogens with zero attached hydrogens (tertiary/aromatic N) is 3. The number of nitrogen functional groups attached to an aromatic ring is 1. The molecule has 0 amide bonds. The monoisotopic (exact) mass is 246 g/mol. The molecular weight excluding hydrogens is 243 g/mol. The van der Waals surface area contributed by atoms with E-state index in [1.165, 1.54) is 6.20 Å². The van der Waals surface area contributed by atoms with Crippen LogP contribution in [0.25, 0.3) is 0 Å². The molecule has 10 heavy (non-hydrogen) atoms. The van der Waals surface area contributed by atoms with Gasteiger partial charge in [0.25, 0.3) is 0 Å². The van der Waals surface area contributed by atoms with Crippen LogP contribution in [0.15, 0.2) is 6.20 Å². The highest BCUT2D eigenvalue weighted by atomic mass is 127. The van der Waals surface area contributed by atoms with E-state index in [4.69, 9.17) is 11.0 Å². The van der Waals surface area contributed by atoms with Crippen molar-refractivity contribution in [2.75, 3.05) is 5.73 Å². The lowest BCUT2D eigenvalue weighted by Crippen LogP contribution is -1.98. The predicted octanol–water partition coefficient (Wildman–Crippen LogP) is 0.535. The molecule has 0 atom stereocenters. The first-order valence-electron chi connectivity index (χ1n) is 2.42. The van der Waals surface area contributed by atoms with Crippen molar-refractivity contribution in [2.24, 2.45) is 0 Å². The van der Waals surface area contributed by atoms with E-state index in [1.807, 2.05) is 28.7 Å². The van der Waals surface area contributed by atoms with Gasteiger partial charge in [0.15, 0.2) is 11.5 Å². The van der Waals surface area contributed by atoms with Crippen molar-refractivity contribution in [1.29, 1.82) is 5.26 Å². The van der Waals surface area contributed by atoms with Gasteiger partial charge in [-0.1, -0.05) is 0 Å². The molecule has 0 spiro atoms. The van der Waals surface area contributed by atoms with Gasteiger partial charge < -0.3 is 5.73 Å². The number of rotatable bonds is 0. The van der Waals surface area contributed by atoms with Gasteiger partial charge in [-0.15, -0.1) is 0 Å². The molecule has 0 aromatic carbocycles. The smallest absolute Gasteiger partial charge is 0.182 e. The molecule has 0 bridgehead atoms. The zero-order valence-corrected chi connectivity index (χ0v) is 7.03. The molecule has 0 saturated carbocycles. The van der Waals surface area contributed by atoms with Crippen LogP contribution in [-0.2, 0) is 0 Å². The van der Waals surface area contributed by atoms with E-state index < -0.39 is 0 Å². The molecule has 1 heterocycles. The van der Waals surface area contributed by atoms with Crippen LogP contribution in [0, 0.1) is 15.0 Å². The molecule has 5 heteroatoms. The van der Waals surface area contributed by atoms with E-state index in [-0.39, 0.29) is 11.5 Å². The van der Waals surface area contributed by atoms with Gasteiger partial charge in [-0.05, 0) is 22.6 Å². The predicted molar refractivity (Wildman–Crippen MR) is 43.9 cm³/mol. The molecule has 1 aromatic heterocycles. The Morgan fingerprint density at radius 2 is 2.40 bits per heavy atom. The molecule has 4 nitrogen and oxygen atoms in total. The van der Waals surface area contributed by atoms with E-state index in [1.54, 1.807) is 0 Å². The molecule has 1 rings (SSSR count). The topological polar surface area (TPSA) is 75.6 Å². The van der Waals surface area contributed by atoms with Gasteiger partial charge in [-0.25, -0.2) is 9.97 Å². The van der Waals surface area contributed by atoms with Crippen molar-refractivity contribution in [3.05, 3.63) is 15.6 Å². The minimum atomic E-state index is 0.181. The zero-order chi connectivity index (χ0) is 7.56. The summed E-state index contributed by atoms with van der Waals surface area (Å²) >= 11 is 1.98. The molecule has 0 unspecified atom stereocenters. The number of halogens is 1. The van der Waals surface area contributed by atoms with Crippen molar-refractivity contribution < 1.29 is 0 Å². The molecule has 0 aliphatic carbocycles. The Balaban J connectivity index is 3.23. The normalized spacial score (nSPS) is 8.80. The number of anilines is 1. The number of hydrogen-bond acceptors (Lipinski definition) is 4. The lowest BCUT2D eigenvalue weighted by Gasteiger charge is -1.93. The second kappa shape index (κ2) is 2.79. The molecule has 0 fully saturated rings. The fourth-order valence-corrected chi connectivity index (χ4v) is 0.866. The Bertz CT molecular complexity index is 290. The summed E-state index contributed by atoms with van der Waals surface area (Å²) in [4.78, 5) is 7.56. The first kappa shape index (κ1) is 7.21. The summed E-state index contributed by atoms with van der Waals surface area (Å²) in [6, 6.07) is 1.82. The highest BCUT2D eigenvalue weighted by Gasteiger charge is 1.99. The molecule has 2 N–H and O–H groups in total. The number of aromatic nitrogens is 2. The largest absolute Gasteiger partial charge is 0.381 e. The fourth-order valence-electron chi connectivity index (χ4n) is 0.467. The molecule has 0 saturated heterocycles. The third-order valence-corrected chi connectivity index (χ3v) is 1.40. The maximum absolute atomic E-state index is 8.37. The molecule has 0 aliphatic rings. The van der Waals surface area contributed by atoms with E-state index in [0.29, 0.717) is 3.70 Å². The Labute approximate surface area is 71.2 Å². The van der Waals surface area contributed by atoms with Crippen LogP contribution in [0.1, 0.15) is 5.69 Å². The minimum absolute atomic E-state index is 0.181. The number of nitrogens with two attached hydrogens (primary N) is 1. The van der Waals surface area contributed by atoms with E-state index in [2.05, 4.69) is 9.97 Å². The van der Waals surface area contributed by atoms with Crippen LogP contribution in [-0.4, -0.2) is 9.97 Å². The summed E-state index contributed by atoms with van der Waals surface area (Å²) in [5, 5.41) is 8.37. The highest BCUT2D eigenvalue weighted by molar-refractivity contribution is 14.1. The van der Waals surface area contributed by atoms with E-state index in [0.717, 1.165) is 0 Å². The van der Waals surface area contributed by atoms with Gasteiger partial charge in [0.1, 0.15) is 9.77 Å². The van der Waals surface area contributed by atoms with Gasteiger partial charge in [-0.2, -0.15) is 5.26 Å². The van der Waals surface area contributed by atoms with Crippen LogP contribution >= 0.6 is 22.6 Å². The molecule has 0 radical (unpaired) electrons. The Morgan fingerprint density at radius 1 is 1.70 bits per heavy atom. The van der Waals surface area contributed by atoms with Gasteiger partial charge >= 0.3 is 0 Å². The highest BCUT2D eigenvalue weighted by Crippen LogP contribution is 2.05. The SMILES string of the molecule is N#Cc1ncc(I)nc1N. The van der Waals surface area contributed by atoms with Crippen LogP contribution in [0.4, 0.5) is 5.82 Å². The summed E-state index contributed by atoms with van der Waals surface area (Å²) < 4.78 is 0.689. The van der Waals surface area contributed by atoms with Gasteiger partial charge in [-0.3, -0.25) is 0 Å². The fraction of sp³-hybridized carbons (Fsp3) is 0. The molecule has 0 aliphatic heterocycles. The average Bonchev–Trinajstić information content (AvgIpc) is 1.88. The lowest BCUT2D eigenvalue weighted by atomic mass is 10.4. The molecular formula is C5H3IN4. The first-order chi connectivity index (χ1) is 4.74. The quantitative estimate of drug-likeness (QED) is 0.677. The third kappa shape index (κ3) is 1.33. The van der Waals surface area contributed by atoms with Crippen molar-refractivity contribution in [2.45, 2.75) is 0 Å². The standard InChI is InChI=1S/C5H3IN4/c6-4-2-9-3(1-7)5(8)10-4/h2H,(H2,8,10). The van der Waals surface area contributed by atoms with Crippen molar-refractivity contribution >= 4 is 28.4 Å². The summed E-state index contributed by atoms with van der Waals surface area (Å²) in [7, 11) is 0. The van der Waals surface area contributed by atoms with Crippen molar-refractivity contribution in [3.63, 3.8) is 0 Å². The Morgan fingerprint density at radius 3 is 2.90 bits per heavy atom. The summed E-state index contributed by atoms with van der Waals surface area (Å²) in [6.45, 7) is 0. The number of nitriles is 1. The Hall–Kier alpha value is -0.900. The zero-order valence-electron chi connectivity index (χ0n) is 4.87. The minimum Gasteiger partial charge on any atom is -0.381 e. The summed E-state index contributed by atoms with van der Waals surface area (Å²) in [5.74, 6) is 0.189. The van der Waals surface area contributed by atoms with Crippen LogP contribution in [0.2, 0.25) is 0 Å². The van der Waals surface area contributed by atoms with Crippen molar-refractivity contribution in [3.8, 4) is 6.07 Å². The second-order valence-corrected chi connectivity index (χ2v) is 2.64. The average molecular weight is 246 g/mol.